The summed E-state index contributed by atoms with van der Waals surface area (Å²) in [6.45, 7) is 4.41. The van der Waals surface area contributed by atoms with E-state index in [1.807, 2.05) is 0 Å². The number of aliphatic hydroxyl groups is 1. The first-order valence-corrected chi connectivity index (χ1v) is 6.11. The van der Waals surface area contributed by atoms with Crippen LogP contribution in [0.25, 0.3) is 0 Å². The molecule has 3 nitrogen and oxygen atoms in total. The second-order valence-electron chi connectivity index (χ2n) is 4.15. The second kappa shape index (κ2) is 9.97. The minimum absolute atomic E-state index is 0.118. The monoisotopic (exact) mass is 215 g/mol. The van der Waals surface area contributed by atoms with Crippen molar-refractivity contribution in [2.24, 2.45) is 0 Å². The van der Waals surface area contributed by atoms with Gasteiger partial charge in [-0.25, -0.2) is 0 Å². The fourth-order valence-corrected chi connectivity index (χ4v) is 1.52. The zero-order chi connectivity index (χ0) is 11.5. The average Bonchev–Trinajstić information content (AvgIpc) is 2.18. The van der Waals surface area contributed by atoms with E-state index in [9.17, 15) is 4.79 Å². The molecule has 1 amide bonds. The van der Waals surface area contributed by atoms with Crippen LogP contribution in [0.2, 0.25) is 0 Å². The molecule has 0 radical (unpaired) electrons. The molecule has 0 aliphatic rings. The van der Waals surface area contributed by atoms with Crippen LogP contribution in [0, 0.1) is 0 Å². The second-order valence-corrected chi connectivity index (χ2v) is 4.15. The molecule has 0 aromatic heterocycles. The number of carbonyl (C=O) groups excluding carboxylic acids is 1. The largest absolute Gasteiger partial charge is 0.396 e. The van der Waals surface area contributed by atoms with Crippen molar-refractivity contribution in [1.29, 1.82) is 0 Å². The molecule has 90 valence electrons. The number of aliphatic hydroxyl groups excluding tert-OH is 1. The molecule has 0 aliphatic carbocycles. The van der Waals surface area contributed by atoms with Gasteiger partial charge in [0, 0.05) is 19.1 Å². The van der Waals surface area contributed by atoms with Crippen LogP contribution in [-0.4, -0.2) is 23.7 Å². The predicted octanol–water partition coefficient (Wildman–Crippen LogP) is 2.23. The lowest BCUT2D eigenvalue weighted by molar-refractivity contribution is -0.121. The first-order valence-electron chi connectivity index (χ1n) is 6.11. The van der Waals surface area contributed by atoms with Gasteiger partial charge >= 0.3 is 0 Å². The van der Waals surface area contributed by atoms with Crippen molar-refractivity contribution in [3.63, 3.8) is 0 Å². The minimum atomic E-state index is 0.118. The van der Waals surface area contributed by atoms with Gasteiger partial charge in [0.05, 0.1) is 0 Å². The maximum atomic E-state index is 11.4. The standard InChI is InChI=1S/C12H25NO2/c1-3-4-5-8-11(2)13-12(15)9-6-7-10-14/h11,14H,3-10H2,1-2H3,(H,13,15). The third kappa shape index (κ3) is 9.73. The van der Waals surface area contributed by atoms with Crippen molar-refractivity contribution < 1.29 is 9.90 Å². The fourth-order valence-electron chi connectivity index (χ4n) is 1.52. The topological polar surface area (TPSA) is 49.3 Å². The van der Waals surface area contributed by atoms with E-state index >= 15 is 0 Å². The van der Waals surface area contributed by atoms with Crippen molar-refractivity contribution in [2.45, 2.75) is 64.8 Å². The van der Waals surface area contributed by atoms with Gasteiger partial charge in [0.25, 0.3) is 0 Å². The van der Waals surface area contributed by atoms with Crippen molar-refractivity contribution in [3.8, 4) is 0 Å². The summed E-state index contributed by atoms with van der Waals surface area (Å²) in [6.07, 6.45) is 6.76. The first kappa shape index (κ1) is 14.4. The average molecular weight is 215 g/mol. The van der Waals surface area contributed by atoms with E-state index in [0.29, 0.717) is 6.42 Å². The molecular formula is C12H25NO2. The molecule has 1 unspecified atom stereocenters. The van der Waals surface area contributed by atoms with Crippen LogP contribution in [0.4, 0.5) is 0 Å². The number of amides is 1. The highest BCUT2D eigenvalue weighted by molar-refractivity contribution is 5.76. The van der Waals surface area contributed by atoms with E-state index in [4.69, 9.17) is 5.11 Å². The number of rotatable bonds is 9. The van der Waals surface area contributed by atoms with E-state index in [-0.39, 0.29) is 18.6 Å². The lowest BCUT2D eigenvalue weighted by Crippen LogP contribution is -2.32. The Morgan fingerprint density at radius 1 is 1.27 bits per heavy atom. The number of hydrogen-bond donors (Lipinski definition) is 2. The molecule has 0 saturated carbocycles. The van der Waals surface area contributed by atoms with Crippen LogP contribution in [-0.2, 0) is 4.79 Å². The Bertz CT molecular complexity index is 160. The predicted molar refractivity (Wildman–Crippen MR) is 62.7 cm³/mol. The van der Waals surface area contributed by atoms with Crippen LogP contribution >= 0.6 is 0 Å². The molecule has 0 saturated heterocycles. The summed E-state index contributed by atoms with van der Waals surface area (Å²) >= 11 is 0. The van der Waals surface area contributed by atoms with Gasteiger partial charge in [-0.15, -0.1) is 0 Å². The Morgan fingerprint density at radius 3 is 2.60 bits per heavy atom. The summed E-state index contributed by atoms with van der Waals surface area (Å²) in [6, 6.07) is 0.290. The maximum absolute atomic E-state index is 11.4. The molecule has 0 bridgehead atoms. The van der Waals surface area contributed by atoms with Crippen molar-refractivity contribution in [3.05, 3.63) is 0 Å². The van der Waals surface area contributed by atoms with Crippen LogP contribution in [0.5, 0.6) is 0 Å². The number of unbranched alkanes of at least 4 members (excludes halogenated alkanes) is 3. The molecule has 2 N–H and O–H groups in total. The molecule has 0 aromatic rings. The fraction of sp³-hybridized carbons (Fsp3) is 0.917. The van der Waals surface area contributed by atoms with E-state index in [1.54, 1.807) is 0 Å². The molecule has 1 atom stereocenters. The SMILES string of the molecule is CCCCCC(C)NC(=O)CCCCO. The molecule has 0 heterocycles. The quantitative estimate of drug-likeness (QED) is 0.579. The van der Waals surface area contributed by atoms with Crippen molar-refractivity contribution in [1.82, 2.24) is 5.32 Å². The molecule has 0 spiro atoms. The van der Waals surface area contributed by atoms with Crippen molar-refractivity contribution >= 4 is 5.91 Å². The lowest BCUT2D eigenvalue weighted by atomic mass is 10.1. The van der Waals surface area contributed by atoms with Gasteiger partial charge in [-0.05, 0) is 26.2 Å². The third-order valence-electron chi connectivity index (χ3n) is 2.46. The zero-order valence-electron chi connectivity index (χ0n) is 10.1. The summed E-state index contributed by atoms with van der Waals surface area (Å²) in [5.41, 5.74) is 0. The molecule has 0 rings (SSSR count). The Morgan fingerprint density at radius 2 is 2.00 bits per heavy atom. The van der Waals surface area contributed by atoms with Crippen LogP contribution in [0.1, 0.15) is 58.8 Å². The van der Waals surface area contributed by atoms with Gasteiger partial charge < -0.3 is 10.4 Å². The van der Waals surface area contributed by atoms with Gasteiger partial charge in [-0.2, -0.15) is 0 Å². The number of nitrogens with one attached hydrogen (secondary N) is 1. The van der Waals surface area contributed by atoms with Crippen molar-refractivity contribution in [2.75, 3.05) is 6.61 Å². The molecule has 0 aliphatic heterocycles. The smallest absolute Gasteiger partial charge is 0.220 e. The van der Waals surface area contributed by atoms with Crippen LogP contribution in [0.3, 0.4) is 0 Å². The van der Waals surface area contributed by atoms with E-state index in [0.717, 1.165) is 19.3 Å². The van der Waals surface area contributed by atoms with Gasteiger partial charge in [-0.3, -0.25) is 4.79 Å². The molecule has 0 aromatic carbocycles. The summed E-state index contributed by atoms with van der Waals surface area (Å²) in [5, 5.41) is 11.5. The van der Waals surface area contributed by atoms with E-state index < -0.39 is 0 Å². The molecule has 0 fully saturated rings. The highest BCUT2D eigenvalue weighted by Crippen LogP contribution is 2.03. The Kier molecular flexibility index (Phi) is 9.59. The lowest BCUT2D eigenvalue weighted by Gasteiger charge is -2.13. The van der Waals surface area contributed by atoms with Gasteiger partial charge in [-0.1, -0.05) is 26.2 Å². The molecule has 15 heavy (non-hydrogen) atoms. The van der Waals surface area contributed by atoms with Crippen LogP contribution in [0.15, 0.2) is 0 Å². The summed E-state index contributed by atoms with van der Waals surface area (Å²) in [7, 11) is 0. The first-order chi connectivity index (χ1) is 7.20. The molecule has 3 heteroatoms. The van der Waals surface area contributed by atoms with E-state index in [1.165, 1.54) is 19.3 Å². The Hall–Kier alpha value is -0.570. The normalized spacial score (nSPS) is 12.5. The van der Waals surface area contributed by atoms with Gasteiger partial charge in [0.2, 0.25) is 5.91 Å². The minimum Gasteiger partial charge on any atom is -0.396 e. The Labute approximate surface area is 93.3 Å². The number of hydrogen-bond acceptors (Lipinski definition) is 2. The summed E-state index contributed by atoms with van der Waals surface area (Å²) < 4.78 is 0. The summed E-state index contributed by atoms with van der Waals surface area (Å²) in [5.74, 6) is 0.118. The summed E-state index contributed by atoms with van der Waals surface area (Å²) in [4.78, 5) is 11.4. The third-order valence-corrected chi connectivity index (χ3v) is 2.46. The highest BCUT2D eigenvalue weighted by atomic mass is 16.2. The van der Waals surface area contributed by atoms with E-state index in [2.05, 4.69) is 19.2 Å². The molecular weight excluding hydrogens is 190 g/mol. The van der Waals surface area contributed by atoms with Gasteiger partial charge in [0.1, 0.15) is 0 Å². The van der Waals surface area contributed by atoms with Crippen LogP contribution < -0.4 is 5.32 Å². The zero-order valence-corrected chi connectivity index (χ0v) is 10.1. The van der Waals surface area contributed by atoms with Gasteiger partial charge in [0.15, 0.2) is 0 Å². The number of carbonyl (C=O) groups is 1. The highest BCUT2D eigenvalue weighted by Gasteiger charge is 2.06. The maximum Gasteiger partial charge on any atom is 0.220 e. The Balaban J connectivity index is 3.40.